The van der Waals surface area contributed by atoms with Crippen LogP contribution in [0.25, 0.3) is 10.2 Å². The number of aromatic nitrogens is 1. The molecule has 0 aliphatic heterocycles. The fourth-order valence-corrected chi connectivity index (χ4v) is 4.34. The number of thiazole rings is 1. The van der Waals surface area contributed by atoms with Crippen LogP contribution in [-0.4, -0.2) is 10.5 Å². The number of nitrogens with zero attached hydrogens (tertiary/aromatic N) is 2. The van der Waals surface area contributed by atoms with Crippen LogP contribution in [0.2, 0.25) is 0 Å². The number of hydrogen-bond donors (Lipinski definition) is 0. The fourth-order valence-electron chi connectivity index (χ4n) is 2.55. The summed E-state index contributed by atoms with van der Waals surface area (Å²) in [5, 5.41) is 1.96. The summed E-state index contributed by atoms with van der Waals surface area (Å²) in [4.78, 5) is 18.3. The van der Waals surface area contributed by atoms with E-state index in [0.29, 0.717) is 17.8 Å². The van der Waals surface area contributed by atoms with Gasteiger partial charge in [-0.25, -0.2) is 0 Å². The van der Waals surface area contributed by atoms with Gasteiger partial charge in [-0.2, -0.15) is 4.99 Å². The second-order valence-corrected chi connectivity index (χ2v) is 7.38. The molecule has 3 aromatic rings. The Morgan fingerprint density at radius 3 is 2.91 bits per heavy atom. The molecule has 0 radical (unpaired) electrons. The maximum Gasteiger partial charge on any atom is 0.253 e. The van der Waals surface area contributed by atoms with E-state index in [0.717, 1.165) is 15.1 Å². The van der Waals surface area contributed by atoms with Crippen molar-refractivity contribution in [3.63, 3.8) is 0 Å². The highest BCUT2D eigenvalue weighted by Gasteiger charge is 2.10. The molecule has 0 bridgehead atoms. The van der Waals surface area contributed by atoms with Crippen LogP contribution in [0.3, 0.4) is 0 Å². The SMILES string of the molecule is C#CCn1c(=NC(=O)Cc2cccs2)sc2c(C)cc(C)cc21. The molecule has 1 aromatic carbocycles. The molecule has 2 heterocycles. The molecule has 0 atom stereocenters. The molecule has 23 heavy (non-hydrogen) atoms. The number of carbonyl (C=O) groups is 1. The third-order valence-corrected chi connectivity index (χ3v) is 5.60. The van der Waals surface area contributed by atoms with Crippen molar-refractivity contribution in [3.8, 4) is 12.3 Å². The molecule has 0 aliphatic rings. The summed E-state index contributed by atoms with van der Waals surface area (Å²) >= 11 is 3.09. The van der Waals surface area contributed by atoms with Crippen LogP contribution in [0.1, 0.15) is 16.0 Å². The summed E-state index contributed by atoms with van der Waals surface area (Å²) in [6, 6.07) is 8.12. The van der Waals surface area contributed by atoms with Gasteiger partial charge in [-0.1, -0.05) is 29.4 Å². The molecule has 116 valence electrons. The molecule has 0 saturated heterocycles. The lowest BCUT2D eigenvalue weighted by molar-refractivity contribution is -0.117. The van der Waals surface area contributed by atoms with Gasteiger partial charge in [0.25, 0.3) is 5.91 Å². The Kier molecular flexibility index (Phi) is 4.46. The van der Waals surface area contributed by atoms with Gasteiger partial charge in [0.15, 0.2) is 4.80 Å². The molecular formula is C18H16N2OS2. The summed E-state index contributed by atoms with van der Waals surface area (Å²) in [6.07, 6.45) is 5.84. The molecule has 2 aromatic heterocycles. The van der Waals surface area contributed by atoms with Crippen molar-refractivity contribution in [1.29, 1.82) is 0 Å². The maximum atomic E-state index is 12.2. The second-order valence-electron chi connectivity index (χ2n) is 5.37. The normalized spacial score (nSPS) is 11.8. The quantitative estimate of drug-likeness (QED) is 0.670. The van der Waals surface area contributed by atoms with Crippen LogP contribution >= 0.6 is 22.7 Å². The molecule has 0 spiro atoms. The fraction of sp³-hybridized carbons (Fsp3) is 0.222. The zero-order valence-corrected chi connectivity index (χ0v) is 14.6. The number of terminal acetylenes is 1. The van der Waals surface area contributed by atoms with E-state index in [1.54, 1.807) is 11.3 Å². The number of thiophene rings is 1. The predicted molar refractivity (Wildman–Crippen MR) is 96.7 cm³/mol. The highest BCUT2D eigenvalue weighted by atomic mass is 32.1. The second kappa shape index (κ2) is 6.53. The van der Waals surface area contributed by atoms with Gasteiger partial charge in [0, 0.05) is 4.88 Å². The van der Waals surface area contributed by atoms with E-state index < -0.39 is 0 Å². The standard InChI is InChI=1S/C18H16N2OS2/c1-4-7-20-15-10-12(2)9-13(3)17(15)23-18(20)19-16(21)11-14-6-5-8-22-14/h1,5-6,8-10H,7,11H2,2-3H3. The van der Waals surface area contributed by atoms with Gasteiger partial charge >= 0.3 is 0 Å². The lowest BCUT2D eigenvalue weighted by Crippen LogP contribution is -2.17. The van der Waals surface area contributed by atoms with Crippen LogP contribution in [0.4, 0.5) is 0 Å². The average Bonchev–Trinajstić information content (AvgIpc) is 3.09. The number of benzene rings is 1. The van der Waals surface area contributed by atoms with E-state index in [4.69, 9.17) is 6.42 Å². The van der Waals surface area contributed by atoms with Crippen molar-refractivity contribution in [2.45, 2.75) is 26.8 Å². The Morgan fingerprint density at radius 1 is 1.39 bits per heavy atom. The van der Waals surface area contributed by atoms with Crippen molar-refractivity contribution in [2.24, 2.45) is 4.99 Å². The Balaban J connectivity index is 2.11. The summed E-state index contributed by atoms with van der Waals surface area (Å²) in [7, 11) is 0. The summed E-state index contributed by atoms with van der Waals surface area (Å²) in [5.41, 5.74) is 3.41. The molecule has 1 amide bonds. The summed E-state index contributed by atoms with van der Waals surface area (Å²) < 4.78 is 3.08. The van der Waals surface area contributed by atoms with Gasteiger partial charge in [0.05, 0.1) is 23.2 Å². The first-order valence-electron chi connectivity index (χ1n) is 7.22. The van der Waals surface area contributed by atoms with Crippen LogP contribution in [0, 0.1) is 26.2 Å². The van der Waals surface area contributed by atoms with E-state index in [1.165, 1.54) is 22.5 Å². The van der Waals surface area contributed by atoms with Crippen molar-refractivity contribution < 1.29 is 4.79 Å². The monoisotopic (exact) mass is 340 g/mol. The molecule has 3 nitrogen and oxygen atoms in total. The lowest BCUT2D eigenvalue weighted by atomic mass is 10.1. The van der Waals surface area contributed by atoms with E-state index in [9.17, 15) is 4.79 Å². The number of fused-ring (bicyclic) bond motifs is 1. The van der Waals surface area contributed by atoms with Crippen LogP contribution in [0.5, 0.6) is 0 Å². The Hall–Kier alpha value is -2.16. The summed E-state index contributed by atoms with van der Waals surface area (Å²) in [6.45, 7) is 4.54. The highest BCUT2D eigenvalue weighted by Crippen LogP contribution is 2.23. The molecular weight excluding hydrogens is 324 g/mol. The third-order valence-electron chi connectivity index (χ3n) is 3.49. The molecule has 0 saturated carbocycles. The van der Waals surface area contributed by atoms with E-state index in [1.807, 2.05) is 22.1 Å². The van der Waals surface area contributed by atoms with Crippen LogP contribution < -0.4 is 4.80 Å². The number of aryl methyl sites for hydroxylation is 2. The van der Waals surface area contributed by atoms with Crippen LogP contribution in [-0.2, 0) is 17.8 Å². The number of carbonyl (C=O) groups excluding carboxylic acids is 1. The molecule has 0 fully saturated rings. The minimum absolute atomic E-state index is 0.140. The van der Waals surface area contributed by atoms with Crippen molar-refractivity contribution in [2.75, 3.05) is 0 Å². The Labute approximate surface area is 142 Å². The number of hydrogen-bond acceptors (Lipinski definition) is 3. The van der Waals surface area contributed by atoms with E-state index in [2.05, 4.69) is 36.9 Å². The molecule has 5 heteroatoms. The first-order chi connectivity index (χ1) is 11.1. The first kappa shape index (κ1) is 15.7. The van der Waals surface area contributed by atoms with Crippen molar-refractivity contribution in [3.05, 3.63) is 50.5 Å². The molecule has 0 unspecified atom stereocenters. The van der Waals surface area contributed by atoms with Gasteiger partial charge < -0.3 is 4.57 Å². The molecule has 0 aliphatic carbocycles. The van der Waals surface area contributed by atoms with Gasteiger partial charge in [0.1, 0.15) is 0 Å². The zero-order chi connectivity index (χ0) is 16.4. The van der Waals surface area contributed by atoms with E-state index in [-0.39, 0.29) is 5.91 Å². The number of rotatable bonds is 3. The van der Waals surface area contributed by atoms with Gasteiger partial charge in [-0.05, 0) is 42.5 Å². The third kappa shape index (κ3) is 3.29. The Bertz CT molecular complexity index is 969. The summed E-state index contributed by atoms with van der Waals surface area (Å²) in [5.74, 6) is 2.52. The minimum Gasteiger partial charge on any atom is -0.305 e. The van der Waals surface area contributed by atoms with Crippen molar-refractivity contribution in [1.82, 2.24) is 4.57 Å². The largest absolute Gasteiger partial charge is 0.305 e. The highest BCUT2D eigenvalue weighted by molar-refractivity contribution is 7.16. The number of amides is 1. The maximum absolute atomic E-state index is 12.2. The van der Waals surface area contributed by atoms with Gasteiger partial charge in [-0.3, -0.25) is 4.79 Å². The predicted octanol–water partition coefficient (Wildman–Crippen LogP) is 3.68. The Morgan fingerprint density at radius 2 is 2.22 bits per heavy atom. The van der Waals surface area contributed by atoms with E-state index >= 15 is 0 Å². The first-order valence-corrected chi connectivity index (χ1v) is 8.92. The average molecular weight is 340 g/mol. The smallest absolute Gasteiger partial charge is 0.253 e. The van der Waals surface area contributed by atoms with Gasteiger partial charge in [-0.15, -0.1) is 17.8 Å². The topological polar surface area (TPSA) is 34.4 Å². The zero-order valence-electron chi connectivity index (χ0n) is 13.0. The molecule has 0 N–H and O–H groups in total. The van der Waals surface area contributed by atoms with Gasteiger partial charge in [0.2, 0.25) is 0 Å². The molecule has 3 rings (SSSR count). The minimum atomic E-state index is -0.140. The lowest BCUT2D eigenvalue weighted by Gasteiger charge is -2.02. The van der Waals surface area contributed by atoms with Crippen molar-refractivity contribution >= 4 is 38.8 Å². The van der Waals surface area contributed by atoms with Crippen LogP contribution in [0.15, 0.2) is 34.6 Å².